The molecule has 1 aromatic carbocycles. The van der Waals surface area contributed by atoms with Crippen molar-refractivity contribution in [2.24, 2.45) is 0 Å². The molecule has 0 saturated heterocycles. The first kappa shape index (κ1) is 19.0. The molecule has 23 heavy (non-hydrogen) atoms. The summed E-state index contributed by atoms with van der Waals surface area (Å²) in [6.07, 6.45) is 0.201. The molecular formula is C18H27NO4. The minimum atomic E-state index is -1.06. The SMILES string of the molecule is Cc1cc(C)c(CC[C@@H](NC(=O)OC(C)(C)C)C(=O)O)c(C)c1. The summed E-state index contributed by atoms with van der Waals surface area (Å²) in [5.41, 5.74) is 3.95. The van der Waals surface area contributed by atoms with Crippen molar-refractivity contribution < 1.29 is 19.4 Å². The molecule has 0 radical (unpaired) electrons. The van der Waals surface area contributed by atoms with Gasteiger partial charge in [-0.05, 0) is 71.1 Å². The van der Waals surface area contributed by atoms with E-state index in [9.17, 15) is 14.7 Å². The summed E-state index contributed by atoms with van der Waals surface area (Å²) in [7, 11) is 0. The second-order valence-corrected chi connectivity index (χ2v) is 6.95. The topological polar surface area (TPSA) is 75.6 Å². The molecule has 5 heteroatoms. The van der Waals surface area contributed by atoms with Gasteiger partial charge in [0.25, 0.3) is 0 Å². The molecule has 0 aliphatic carbocycles. The highest BCUT2D eigenvalue weighted by Gasteiger charge is 2.24. The molecular weight excluding hydrogens is 294 g/mol. The third-order valence-electron chi connectivity index (χ3n) is 3.51. The summed E-state index contributed by atoms with van der Waals surface area (Å²) in [6, 6.07) is 3.20. The molecule has 0 spiro atoms. The number of carboxylic acids is 1. The third kappa shape index (κ3) is 6.30. The molecule has 5 nitrogen and oxygen atoms in total. The van der Waals surface area contributed by atoms with Gasteiger partial charge in [0.15, 0.2) is 0 Å². The number of nitrogens with one attached hydrogen (secondary N) is 1. The summed E-state index contributed by atoms with van der Waals surface area (Å²) in [5.74, 6) is -1.06. The quantitative estimate of drug-likeness (QED) is 0.870. The Morgan fingerprint density at radius 2 is 1.70 bits per heavy atom. The number of carboxylic acid groups (broad SMARTS) is 1. The van der Waals surface area contributed by atoms with E-state index in [0.29, 0.717) is 12.8 Å². The number of benzene rings is 1. The number of carbonyl (C=O) groups is 2. The molecule has 2 N–H and O–H groups in total. The van der Waals surface area contributed by atoms with Crippen molar-refractivity contribution in [2.45, 2.75) is 66.0 Å². The Labute approximate surface area is 138 Å². The number of aliphatic carboxylic acids is 1. The molecule has 0 bridgehead atoms. The van der Waals surface area contributed by atoms with Crippen LogP contribution >= 0.6 is 0 Å². The molecule has 0 unspecified atom stereocenters. The van der Waals surface area contributed by atoms with Gasteiger partial charge >= 0.3 is 12.1 Å². The second kappa shape index (κ2) is 7.49. The maximum Gasteiger partial charge on any atom is 0.408 e. The minimum Gasteiger partial charge on any atom is -0.480 e. The van der Waals surface area contributed by atoms with Gasteiger partial charge in [-0.3, -0.25) is 0 Å². The molecule has 0 saturated carbocycles. The van der Waals surface area contributed by atoms with Crippen LogP contribution in [0, 0.1) is 20.8 Å². The van der Waals surface area contributed by atoms with E-state index in [2.05, 4.69) is 17.4 Å². The maximum absolute atomic E-state index is 11.8. The number of ether oxygens (including phenoxy) is 1. The van der Waals surface area contributed by atoms with Crippen LogP contribution < -0.4 is 5.32 Å². The van der Waals surface area contributed by atoms with Crippen LogP contribution in [0.15, 0.2) is 12.1 Å². The molecule has 1 atom stereocenters. The zero-order valence-corrected chi connectivity index (χ0v) is 14.8. The molecule has 0 aliphatic rings. The number of hydrogen-bond donors (Lipinski definition) is 2. The summed E-state index contributed by atoms with van der Waals surface area (Å²) >= 11 is 0. The van der Waals surface area contributed by atoms with Gasteiger partial charge in [0.05, 0.1) is 0 Å². The van der Waals surface area contributed by atoms with E-state index in [4.69, 9.17) is 4.74 Å². The fourth-order valence-corrected chi connectivity index (χ4v) is 2.60. The van der Waals surface area contributed by atoms with Crippen LogP contribution in [0.2, 0.25) is 0 Å². The Bertz CT molecular complexity index is 564. The summed E-state index contributed by atoms with van der Waals surface area (Å²) in [6.45, 7) is 11.3. The van der Waals surface area contributed by atoms with Gasteiger partial charge in [-0.1, -0.05) is 17.7 Å². The van der Waals surface area contributed by atoms with Crippen LogP contribution in [0.3, 0.4) is 0 Å². The van der Waals surface area contributed by atoms with E-state index in [1.807, 2.05) is 20.8 Å². The van der Waals surface area contributed by atoms with E-state index >= 15 is 0 Å². The highest BCUT2D eigenvalue weighted by molar-refractivity contribution is 5.80. The Kier molecular flexibility index (Phi) is 6.19. The van der Waals surface area contributed by atoms with Crippen molar-refractivity contribution in [2.75, 3.05) is 0 Å². The fraction of sp³-hybridized carbons (Fsp3) is 0.556. The van der Waals surface area contributed by atoms with Gasteiger partial charge in [0.1, 0.15) is 11.6 Å². The Morgan fingerprint density at radius 3 is 2.13 bits per heavy atom. The number of hydrogen-bond acceptors (Lipinski definition) is 3. The predicted octanol–water partition coefficient (Wildman–Crippen LogP) is 3.52. The van der Waals surface area contributed by atoms with E-state index in [1.165, 1.54) is 5.56 Å². The molecule has 0 heterocycles. The van der Waals surface area contributed by atoms with Crippen molar-refractivity contribution in [3.8, 4) is 0 Å². The lowest BCUT2D eigenvalue weighted by atomic mass is 9.94. The number of aryl methyl sites for hydroxylation is 3. The molecule has 1 rings (SSSR count). The van der Waals surface area contributed by atoms with E-state index in [1.54, 1.807) is 20.8 Å². The van der Waals surface area contributed by atoms with E-state index in [-0.39, 0.29) is 0 Å². The van der Waals surface area contributed by atoms with Crippen LogP contribution in [0.25, 0.3) is 0 Å². The van der Waals surface area contributed by atoms with Crippen LogP contribution in [0.1, 0.15) is 49.4 Å². The van der Waals surface area contributed by atoms with E-state index < -0.39 is 23.7 Å². The van der Waals surface area contributed by atoms with Crippen LogP contribution in [-0.4, -0.2) is 28.8 Å². The molecule has 1 aromatic rings. The summed E-state index contributed by atoms with van der Waals surface area (Å²) in [5, 5.41) is 11.7. The largest absolute Gasteiger partial charge is 0.480 e. The molecule has 128 valence electrons. The first-order valence-electron chi connectivity index (χ1n) is 7.78. The van der Waals surface area contributed by atoms with Crippen molar-refractivity contribution >= 4 is 12.1 Å². The zero-order chi connectivity index (χ0) is 17.8. The molecule has 0 fully saturated rings. The number of amides is 1. The minimum absolute atomic E-state index is 0.319. The smallest absolute Gasteiger partial charge is 0.408 e. The summed E-state index contributed by atoms with van der Waals surface area (Å²) in [4.78, 5) is 23.1. The fourth-order valence-electron chi connectivity index (χ4n) is 2.60. The van der Waals surface area contributed by atoms with Gasteiger partial charge in [-0.25, -0.2) is 9.59 Å². The Hall–Kier alpha value is -2.04. The van der Waals surface area contributed by atoms with E-state index in [0.717, 1.165) is 16.7 Å². The average molecular weight is 321 g/mol. The molecule has 0 aliphatic heterocycles. The first-order chi connectivity index (χ1) is 10.5. The van der Waals surface area contributed by atoms with Crippen molar-refractivity contribution in [3.05, 3.63) is 34.4 Å². The number of carbonyl (C=O) groups excluding carboxylic acids is 1. The number of rotatable bonds is 5. The Balaban J connectivity index is 2.75. The van der Waals surface area contributed by atoms with Gasteiger partial charge in [0, 0.05) is 0 Å². The molecule has 1 amide bonds. The van der Waals surface area contributed by atoms with Crippen molar-refractivity contribution in [1.82, 2.24) is 5.32 Å². The van der Waals surface area contributed by atoms with Gasteiger partial charge in [-0.15, -0.1) is 0 Å². The number of alkyl carbamates (subject to hydrolysis) is 1. The lowest BCUT2D eigenvalue weighted by Gasteiger charge is -2.22. The standard InChI is InChI=1S/C18H27NO4/c1-11-9-12(2)14(13(3)10-11)7-8-15(16(20)21)19-17(22)23-18(4,5)6/h9-10,15H,7-8H2,1-6H3,(H,19,22)(H,20,21)/t15-/m1/s1. The average Bonchev–Trinajstić information content (AvgIpc) is 2.33. The van der Waals surface area contributed by atoms with Gasteiger partial charge < -0.3 is 15.2 Å². The Morgan fingerprint density at radius 1 is 1.17 bits per heavy atom. The highest BCUT2D eigenvalue weighted by atomic mass is 16.6. The second-order valence-electron chi connectivity index (χ2n) is 6.95. The summed E-state index contributed by atoms with van der Waals surface area (Å²) < 4.78 is 5.12. The van der Waals surface area contributed by atoms with Gasteiger partial charge in [0.2, 0.25) is 0 Å². The molecule has 0 aromatic heterocycles. The lowest BCUT2D eigenvalue weighted by Crippen LogP contribution is -2.43. The normalized spacial score (nSPS) is 12.6. The van der Waals surface area contributed by atoms with Crippen molar-refractivity contribution in [1.29, 1.82) is 0 Å². The predicted molar refractivity (Wildman–Crippen MR) is 89.8 cm³/mol. The third-order valence-corrected chi connectivity index (χ3v) is 3.51. The van der Waals surface area contributed by atoms with Gasteiger partial charge in [-0.2, -0.15) is 0 Å². The maximum atomic E-state index is 11.8. The first-order valence-corrected chi connectivity index (χ1v) is 7.78. The monoisotopic (exact) mass is 321 g/mol. The zero-order valence-electron chi connectivity index (χ0n) is 14.8. The van der Waals surface area contributed by atoms with Crippen LogP contribution in [0.4, 0.5) is 4.79 Å². The highest BCUT2D eigenvalue weighted by Crippen LogP contribution is 2.19. The lowest BCUT2D eigenvalue weighted by molar-refractivity contribution is -0.139. The van der Waals surface area contributed by atoms with Crippen LogP contribution in [0.5, 0.6) is 0 Å². The van der Waals surface area contributed by atoms with Crippen LogP contribution in [-0.2, 0) is 16.0 Å². The van der Waals surface area contributed by atoms with Crippen molar-refractivity contribution in [3.63, 3.8) is 0 Å².